The Kier molecular flexibility index (Phi) is 3.28. The molecule has 20 heavy (non-hydrogen) atoms. The molecule has 2 heterocycles. The fourth-order valence-corrected chi connectivity index (χ4v) is 3.45. The van der Waals surface area contributed by atoms with Gasteiger partial charge in [0, 0.05) is 17.0 Å². The summed E-state index contributed by atoms with van der Waals surface area (Å²) in [4.78, 5) is 26.6. The number of aliphatic carboxylic acids is 1. The molecule has 1 amide bonds. The van der Waals surface area contributed by atoms with Gasteiger partial charge in [0.25, 0.3) is 5.91 Å². The Labute approximate surface area is 120 Å². The van der Waals surface area contributed by atoms with Gasteiger partial charge in [0.1, 0.15) is 0 Å². The van der Waals surface area contributed by atoms with Gasteiger partial charge in [-0.2, -0.15) is 0 Å². The number of fused-ring (bicyclic) bond motifs is 1. The number of hydrogen-bond donors (Lipinski definition) is 1. The van der Waals surface area contributed by atoms with Crippen molar-refractivity contribution in [1.29, 1.82) is 0 Å². The first-order valence-corrected chi connectivity index (χ1v) is 7.21. The largest absolute Gasteiger partial charge is 0.479 e. The maximum absolute atomic E-state index is 12.5. The molecule has 1 N–H and O–H groups in total. The van der Waals surface area contributed by atoms with Crippen LogP contribution in [0.4, 0.5) is 0 Å². The molecule has 0 aliphatic carbocycles. The summed E-state index contributed by atoms with van der Waals surface area (Å²) in [7, 11) is 0. The standard InChI is InChI=1S/C15H13NO3S/c17-14(10-4-2-1-3-5-10)16-8-6-12-11(7-9-20-12)13(16)15(18)19/h1-5,7,9,13H,6,8H2,(H,18,19). The van der Waals surface area contributed by atoms with Gasteiger partial charge in [-0.3, -0.25) is 4.79 Å². The molecule has 1 aliphatic heterocycles. The second kappa shape index (κ2) is 5.09. The monoisotopic (exact) mass is 287 g/mol. The summed E-state index contributed by atoms with van der Waals surface area (Å²) in [5, 5.41) is 11.4. The van der Waals surface area contributed by atoms with Crippen molar-refractivity contribution < 1.29 is 14.7 Å². The Morgan fingerprint density at radius 3 is 2.65 bits per heavy atom. The number of carbonyl (C=O) groups excluding carboxylic acids is 1. The van der Waals surface area contributed by atoms with E-state index in [1.165, 1.54) is 4.90 Å². The topological polar surface area (TPSA) is 57.6 Å². The van der Waals surface area contributed by atoms with E-state index in [1.807, 2.05) is 17.5 Å². The highest BCUT2D eigenvalue weighted by molar-refractivity contribution is 7.10. The van der Waals surface area contributed by atoms with Crippen molar-refractivity contribution in [2.45, 2.75) is 12.5 Å². The first-order chi connectivity index (χ1) is 9.68. The van der Waals surface area contributed by atoms with E-state index in [1.54, 1.807) is 35.6 Å². The first kappa shape index (κ1) is 12.9. The zero-order valence-electron chi connectivity index (χ0n) is 10.7. The van der Waals surface area contributed by atoms with Crippen LogP contribution >= 0.6 is 11.3 Å². The molecule has 1 aliphatic rings. The molecular formula is C15H13NO3S. The van der Waals surface area contributed by atoms with Gasteiger partial charge >= 0.3 is 5.97 Å². The lowest BCUT2D eigenvalue weighted by Gasteiger charge is -2.33. The molecule has 1 aromatic carbocycles. The zero-order valence-corrected chi connectivity index (χ0v) is 11.5. The molecule has 0 bridgehead atoms. The molecule has 102 valence electrons. The fourth-order valence-electron chi connectivity index (χ4n) is 2.55. The van der Waals surface area contributed by atoms with E-state index in [0.29, 0.717) is 12.1 Å². The summed E-state index contributed by atoms with van der Waals surface area (Å²) in [5.41, 5.74) is 1.27. The maximum Gasteiger partial charge on any atom is 0.331 e. The smallest absolute Gasteiger partial charge is 0.331 e. The van der Waals surface area contributed by atoms with Crippen LogP contribution < -0.4 is 0 Å². The lowest BCUT2D eigenvalue weighted by molar-refractivity contribution is -0.142. The van der Waals surface area contributed by atoms with E-state index < -0.39 is 12.0 Å². The number of carbonyl (C=O) groups is 2. The van der Waals surface area contributed by atoms with Gasteiger partial charge in [0.2, 0.25) is 0 Å². The van der Waals surface area contributed by atoms with Gasteiger partial charge in [0.05, 0.1) is 0 Å². The van der Waals surface area contributed by atoms with Crippen LogP contribution in [0.2, 0.25) is 0 Å². The number of carboxylic acid groups (broad SMARTS) is 1. The summed E-state index contributed by atoms with van der Waals surface area (Å²) < 4.78 is 0. The number of hydrogen-bond acceptors (Lipinski definition) is 3. The van der Waals surface area contributed by atoms with Gasteiger partial charge < -0.3 is 10.0 Å². The molecule has 1 unspecified atom stereocenters. The van der Waals surface area contributed by atoms with Crippen LogP contribution in [0.3, 0.4) is 0 Å². The molecule has 0 radical (unpaired) electrons. The molecular weight excluding hydrogens is 274 g/mol. The van der Waals surface area contributed by atoms with Crippen LogP contribution in [0.1, 0.15) is 26.8 Å². The summed E-state index contributed by atoms with van der Waals surface area (Å²) in [6.07, 6.45) is 0.718. The predicted molar refractivity (Wildman–Crippen MR) is 75.9 cm³/mol. The van der Waals surface area contributed by atoms with Crippen LogP contribution in [0.15, 0.2) is 41.8 Å². The Hall–Kier alpha value is -2.14. The van der Waals surface area contributed by atoms with Crippen molar-refractivity contribution in [1.82, 2.24) is 4.90 Å². The third kappa shape index (κ3) is 2.10. The minimum absolute atomic E-state index is 0.227. The summed E-state index contributed by atoms with van der Waals surface area (Å²) in [6.45, 7) is 0.443. The molecule has 1 aromatic heterocycles. The molecule has 0 fully saturated rings. The van der Waals surface area contributed by atoms with E-state index in [0.717, 1.165) is 16.9 Å². The van der Waals surface area contributed by atoms with Gasteiger partial charge in [-0.25, -0.2) is 4.79 Å². The summed E-state index contributed by atoms with van der Waals surface area (Å²) in [6, 6.07) is 9.75. The molecule has 0 saturated carbocycles. The van der Waals surface area contributed by atoms with Crippen molar-refractivity contribution in [3.05, 3.63) is 57.8 Å². The minimum atomic E-state index is -0.978. The van der Waals surface area contributed by atoms with Crippen LogP contribution in [0, 0.1) is 0 Å². The summed E-state index contributed by atoms with van der Waals surface area (Å²) in [5.74, 6) is -1.21. The van der Waals surface area contributed by atoms with E-state index in [4.69, 9.17) is 0 Å². The van der Waals surface area contributed by atoms with Crippen LogP contribution in [-0.2, 0) is 11.2 Å². The van der Waals surface area contributed by atoms with E-state index in [2.05, 4.69) is 0 Å². The van der Waals surface area contributed by atoms with Crippen molar-refractivity contribution in [3.63, 3.8) is 0 Å². The second-order valence-electron chi connectivity index (χ2n) is 4.65. The Morgan fingerprint density at radius 2 is 1.95 bits per heavy atom. The Balaban J connectivity index is 1.98. The molecule has 0 saturated heterocycles. The van der Waals surface area contributed by atoms with Crippen LogP contribution in [-0.4, -0.2) is 28.4 Å². The van der Waals surface area contributed by atoms with Gasteiger partial charge in [-0.15, -0.1) is 11.3 Å². The number of nitrogens with zero attached hydrogens (tertiary/aromatic N) is 1. The third-order valence-electron chi connectivity index (χ3n) is 3.48. The molecule has 4 nitrogen and oxygen atoms in total. The lowest BCUT2D eigenvalue weighted by Crippen LogP contribution is -2.43. The zero-order chi connectivity index (χ0) is 14.1. The number of thiophene rings is 1. The van der Waals surface area contributed by atoms with Crippen molar-refractivity contribution in [2.75, 3.05) is 6.54 Å². The van der Waals surface area contributed by atoms with E-state index in [9.17, 15) is 14.7 Å². The fraction of sp³-hybridized carbons (Fsp3) is 0.200. The normalized spacial score (nSPS) is 17.6. The number of rotatable bonds is 2. The van der Waals surface area contributed by atoms with Gasteiger partial charge in [0.15, 0.2) is 6.04 Å². The third-order valence-corrected chi connectivity index (χ3v) is 4.48. The quantitative estimate of drug-likeness (QED) is 0.923. The van der Waals surface area contributed by atoms with Crippen LogP contribution in [0.25, 0.3) is 0 Å². The molecule has 5 heteroatoms. The average Bonchev–Trinajstić information content (AvgIpc) is 2.94. The van der Waals surface area contributed by atoms with Gasteiger partial charge in [-0.05, 0) is 35.6 Å². The minimum Gasteiger partial charge on any atom is -0.479 e. The van der Waals surface area contributed by atoms with Crippen LogP contribution in [0.5, 0.6) is 0 Å². The number of amides is 1. The van der Waals surface area contributed by atoms with E-state index >= 15 is 0 Å². The SMILES string of the molecule is O=C(O)C1c2ccsc2CCN1C(=O)c1ccccc1. The van der Waals surface area contributed by atoms with E-state index in [-0.39, 0.29) is 5.91 Å². The van der Waals surface area contributed by atoms with Crippen molar-refractivity contribution in [3.8, 4) is 0 Å². The lowest BCUT2D eigenvalue weighted by atomic mass is 9.99. The molecule has 1 atom stereocenters. The Bertz CT molecular complexity index is 650. The molecule has 0 spiro atoms. The van der Waals surface area contributed by atoms with Crippen molar-refractivity contribution in [2.24, 2.45) is 0 Å². The van der Waals surface area contributed by atoms with Crippen molar-refractivity contribution >= 4 is 23.2 Å². The predicted octanol–water partition coefficient (Wildman–Crippen LogP) is 2.57. The molecule has 3 rings (SSSR count). The summed E-state index contributed by atoms with van der Waals surface area (Å²) >= 11 is 1.55. The highest BCUT2D eigenvalue weighted by Gasteiger charge is 2.36. The maximum atomic E-state index is 12.5. The highest BCUT2D eigenvalue weighted by Crippen LogP contribution is 2.34. The van der Waals surface area contributed by atoms with Gasteiger partial charge in [-0.1, -0.05) is 18.2 Å². The second-order valence-corrected chi connectivity index (χ2v) is 5.66. The highest BCUT2D eigenvalue weighted by atomic mass is 32.1. The number of carboxylic acids is 1. The first-order valence-electron chi connectivity index (χ1n) is 6.33. The average molecular weight is 287 g/mol. The molecule has 2 aromatic rings. The number of benzene rings is 1. The Morgan fingerprint density at radius 1 is 1.20 bits per heavy atom.